The molecule has 2 aliphatic rings. The molecule has 2 atom stereocenters. The van der Waals surface area contributed by atoms with Crippen LogP contribution in [-0.2, 0) is 11.2 Å². The van der Waals surface area contributed by atoms with Gasteiger partial charge in [0.1, 0.15) is 6.23 Å². The van der Waals surface area contributed by atoms with E-state index in [1.165, 1.54) is 35.4 Å². The SMILES string of the molecule is O=C(CC1COC2c3ccccc3CCN12)c1ccc([N+](=O)[O-])cc1. The van der Waals surface area contributed by atoms with Crippen molar-refractivity contribution in [3.63, 3.8) is 0 Å². The van der Waals surface area contributed by atoms with Gasteiger partial charge in [0, 0.05) is 36.7 Å². The molecular weight excluding hydrogens is 320 g/mol. The van der Waals surface area contributed by atoms with E-state index in [4.69, 9.17) is 4.74 Å². The number of carbonyl (C=O) groups excluding carboxylic acids is 1. The smallest absolute Gasteiger partial charge is 0.269 e. The average molecular weight is 338 g/mol. The summed E-state index contributed by atoms with van der Waals surface area (Å²) in [5.74, 6) is -0.0111. The van der Waals surface area contributed by atoms with E-state index in [0.29, 0.717) is 18.6 Å². The molecule has 1 saturated heterocycles. The van der Waals surface area contributed by atoms with Crippen molar-refractivity contribution in [3.05, 3.63) is 75.3 Å². The van der Waals surface area contributed by atoms with E-state index in [2.05, 4.69) is 17.0 Å². The second kappa shape index (κ2) is 6.38. The Morgan fingerprint density at radius 3 is 2.72 bits per heavy atom. The molecule has 4 rings (SSSR count). The fraction of sp³-hybridized carbons (Fsp3) is 0.316. The predicted molar refractivity (Wildman–Crippen MR) is 91.4 cm³/mol. The average Bonchev–Trinajstić information content (AvgIpc) is 3.05. The van der Waals surface area contributed by atoms with E-state index >= 15 is 0 Å². The highest BCUT2D eigenvalue weighted by atomic mass is 16.6. The Kier molecular flexibility index (Phi) is 4.07. The van der Waals surface area contributed by atoms with Crippen LogP contribution in [0.5, 0.6) is 0 Å². The van der Waals surface area contributed by atoms with Crippen molar-refractivity contribution in [3.8, 4) is 0 Å². The van der Waals surface area contributed by atoms with Crippen molar-refractivity contribution in [2.45, 2.75) is 25.1 Å². The van der Waals surface area contributed by atoms with Gasteiger partial charge >= 0.3 is 0 Å². The lowest BCUT2D eigenvalue weighted by atomic mass is 9.96. The topological polar surface area (TPSA) is 72.7 Å². The van der Waals surface area contributed by atoms with Gasteiger partial charge in [-0.15, -0.1) is 0 Å². The minimum absolute atomic E-state index is 0.00606. The Morgan fingerprint density at radius 2 is 1.96 bits per heavy atom. The monoisotopic (exact) mass is 338 g/mol. The van der Waals surface area contributed by atoms with Crippen LogP contribution in [0.15, 0.2) is 48.5 Å². The summed E-state index contributed by atoms with van der Waals surface area (Å²) < 4.78 is 5.97. The summed E-state index contributed by atoms with van der Waals surface area (Å²) >= 11 is 0. The number of Topliss-reactive ketones (excluding diaryl/α,β-unsaturated/α-hetero) is 1. The lowest BCUT2D eigenvalue weighted by molar-refractivity contribution is -0.384. The molecule has 2 aliphatic heterocycles. The van der Waals surface area contributed by atoms with Crippen molar-refractivity contribution in [1.82, 2.24) is 4.90 Å². The molecule has 2 heterocycles. The van der Waals surface area contributed by atoms with Crippen molar-refractivity contribution >= 4 is 11.5 Å². The van der Waals surface area contributed by atoms with E-state index in [-0.39, 0.29) is 23.7 Å². The molecule has 25 heavy (non-hydrogen) atoms. The summed E-state index contributed by atoms with van der Waals surface area (Å²) in [6.07, 6.45) is 1.24. The lowest BCUT2D eigenvalue weighted by Crippen LogP contribution is -2.39. The number of ether oxygens (including phenoxy) is 1. The molecule has 128 valence electrons. The Morgan fingerprint density at radius 1 is 1.20 bits per heavy atom. The van der Waals surface area contributed by atoms with Gasteiger partial charge in [0.2, 0.25) is 0 Å². The van der Waals surface area contributed by atoms with E-state index in [1.807, 2.05) is 12.1 Å². The van der Waals surface area contributed by atoms with Crippen LogP contribution in [0.2, 0.25) is 0 Å². The molecule has 0 aliphatic carbocycles. The van der Waals surface area contributed by atoms with Crippen molar-refractivity contribution in [2.75, 3.05) is 13.2 Å². The molecule has 2 unspecified atom stereocenters. The van der Waals surface area contributed by atoms with Crippen LogP contribution < -0.4 is 0 Å². The Balaban J connectivity index is 1.47. The first-order valence-electron chi connectivity index (χ1n) is 8.36. The van der Waals surface area contributed by atoms with Crippen molar-refractivity contribution in [2.24, 2.45) is 0 Å². The molecule has 1 fully saturated rings. The zero-order valence-electron chi connectivity index (χ0n) is 13.6. The molecule has 0 amide bonds. The van der Waals surface area contributed by atoms with Crippen LogP contribution in [0.3, 0.4) is 0 Å². The first-order valence-corrected chi connectivity index (χ1v) is 8.36. The maximum atomic E-state index is 12.5. The number of non-ortho nitro benzene ring substituents is 1. The molecule has 0 spiro atoms. The van der Waals surface area contributed by atoms with Crippen LogP contribution in [0, 0.1) is 10.1 Å². The number of fused-ring (bicyclic) bond motifs is 3. The maximum absolute atomic E-state index is 12.5. The minimum Gasteiger partial charge on any atom is -0.357 e. The zero-order chi connectivity index (χ0) is 17.4. The number of nitrogens with zero attached hydrogens (tertiary/aromatic N) is 2. The zero-order valence-corrected chi connectivity index (χ0v) is 13.6. The third kappa shape index (κ3) is 2.94. The number of benzene rings is 2. The summed E-state index contributed by atoms with van der Waals surface area (Å²) in [6.45, 7) is 1.40. The number of rotatable bonds is 4. The Hall–Kier alpha value is -2.57. The van der Waals surface area contributed by atoms with E-state index in [0.717, 1.165) is 13.0 Å². The highest BCUT2D eigenvalue weighted by Gasteiger charge is 2.39. The van der Waals surface area contributed by atoms with Crippen LogP contribution in [0.4, 0.5) is 5.69 Å². The highest BCUT2D eigenvalue weighted by molar-refractivity contribution is 5.96. The number of hydrogen-bond acceptors (Lipinski definition) is 5. The quantitative estimate of drug-likeness (QED) is 0.486. The first-order chi connectivity index (χ1) is 12.1. The Labute approximate surface area is 145 Å². The van der Waals surface area contributed by atoms with Gasteiger partial charge in [-0.1, -0.05) is 24.3 Å². The van der Waals surface area contributed by atoms with Gasteiger partial charge in [0.15, 0.2) is 5.78 Å². The van der Waals surface area contributed by atoms with Gasteiger partial charge in [-0.2, -0.15) is 0 Å². The largest absolute Gasteiger partial charge is 0.357 e. The summed E-state index contributed by atoms with van der Waals surface area (Å²) in [4.78, 5) is 25.1. The van der Waals surface area contributed by atoms with Crippen molar-refractivity contribution < 1.29 is 14.5 Å². The van der Waals surface area contributed by atoms with Gasteiger partial charge in [-0.05, 0) is 29.7 Å². The molecule has 0 aromatic heterocycles. The van der Waals surface area contributed by atoms with Gasteiger partial charge in [-0.25, -0.2) is 0 Å². The Bertz CT molecular complexity index is 818. The summed E-state index contributed by atoms with van der Waals surface area (Å²) in [7, 11) is 0. The molecule has 6 heteroatoms. The van der Waals surface area contributed by atoms with E-state index < -0.39 is 4.92 Å². The number of hydrogen-bond donors (Lipinski definition) is 0. The molecule has 2 aromatic carbocycles. The van der Waals surface area contributed by atoms with Gasteiger partial charge in [-0.3, -0.25) is 19.8 Å². The summed E-state index contributed by atoms with van der Waals surface area (Å²) in [5.41, 5.74) is 3.00. The second-order valence-electron chi connectivity index (χ2n) is 6.46. The predicted octanol–water partition coefficient (Wildman–Crippen LogP) is 3.12. The van der Waals surface area contributed by atoms with Gasteiger partial charge in [0.25, 0.3) is 5.69 Å². The summed E-state index contributed by atoms with van der Waals surface area (Å²) in [5, 5.41) is 10.7. The lowest BCUT2D eigenvalue weighted by Gasteiger charge is -2.33. The minimum atomic E-state index is -0.463. The van der Waals surface area contributed by atoms with Crippen LogP contribution in [0.1, 0.15) is 34.1 Å². The van der Waals surface area contributed by atoms with Crippen LogP contribution >= 0.6 is 0 Å². The standard InChI is InChI=1S/C19H18N2O4/c22-18(14-5-7-15(8-6-14)21(23)24)11-16-12-25-19-17-4-2-1-3-13(17)9-10-20(16)19/h1-8,16,19H,9-12H2. The van der Waals surface area contributed by atoms with E-state index in [1.54, 1.807) is 0 Å². The molecule has 0 bridgehead atoms. The highest BCUT2D eigenvalue weighted by Crippen LogP contribution is 2.37. The van der Waals surface area contributed by atoms with Gasteiger partial charge < -0.3 is 4.74 Å². The van der Waals surface area contributed by atoms with E-state index in [9.17, 15) is 14.9 Å². The third-order valence-corrected chi connectivity index (χ3v) is 5.00. The maximum Gasteiger partial charge on any atom is 0.269 e. The second-order valence-corrected chi connectivity index (χ2v) is 6.46. The number of nitro benzene ring substituents is 1. The first kappa shape index (κ1) is 15.9. The fourth-order valence-corrected chi connectivity index (χ4v) is 3.68. The number of nitro groups is 1. The number of carbonyl (C=O) groups is 1. The number of ketones is 1. The molecule has 0 saturated carbocycles. The van der Waals surface area contributed by atoms with Gasteiger partial charge in [0.05, 0.1) is 11.5 Å². The third-order valence-electron chi connectivity index (χ3n) is 5.00. The molecule has 6 nitrogen and oxygen atoms in total. The molecule has 2 aromatic rings. The normalized spacial score (nSPS) is 22.2. The molecule has 0 radical (unpaired) electrons. The molecule has 0 N–H and O–H groups in total. The molecular formula is C19H18N2O4. The fourth-order valence-electron chi connectivity index (χ4n) is 3.68. The summed E-state index contributed by atoms with van der Waals surface area (Å²) in [6, 6.07) is 14.1. The van der Waals surface area contributed by atoms with Crippen LogP contribution in [-0.4, -0.2) is 34.8 Å². The van der Waals surface area contributed by atoms with Crippen LogP contribution in [0.25, 0.3) is 0 Å². The van der Waals surface area contributed by atoms with Crippen molar-refractivity contribution in [1.29, 1.82) is 0 Å².